The van der Waals surface area contributed by atoms with E-state index >= 15 is 0 Å². The van der Waals surface area contributed by atoms with Crippen molar-refractivity contribution in [1.82, 2.24) is 38.7 Å². The summed E-state index contributed by atoms with van der Waals surface area (Å²) in [7, 11) is 0. The number of aromatic amines is 2. The van der Waals surface area contributed by atoms with E-state index in [9.17, 15) is 0 Å². The summed E-state index contributed by atoms with van der Waals surface area (Å²) < 4.78 is 4.08. The molecule has 0 amide bonds. The van der Waals surface area contributed by atoms with E-state index < -0.39 is 0 Å². The molecule has 0 saturated heterocycles. The number of nitrogens with zero attached hydrogens (tertiary/aromatic N) is 6. The Bertz CT molecular complexity index is 1980. The first-order valence-corrected chi connectivity index (χ1v) is 15.6. The van der Waals surface area contributed by atoms with Crippen LogP contribution in [-0.4, -0.2) is 38.7 Å². The van der Waals surface area contributed by atoms with Crippen LogP contribution in [0.5, 0.6) is 0 Å². The second kappa shape index (κ2) is 11.4. The Morgan fingerprint density at radius 3 is 1.88 bits per heavy atom. The van der Waals surface area contributed by atoms with Gasteiger partial charge in [-0.25, -0.2) is 19.9 Å². The quantitative estimate of drug-likeness (QED) is 0.194. The van der Waals surface area contributed by atoms with E-state index in [0.717, 1.165) is 66.6 Å². The number of H-pyrrole nitrogens is 2. The third-order valence-electron chi connectivity index (χ3n) is 6.81. The summed E-state index contributed by atoms with van der Waals surface area (Å²) in [4.78, 5) is 25.2. The van der Waals surface area contributed by atoms with Crippen molar-refractivity contribution in [3.8, 4) is 0 Å². The van der Waals surface area contributed by atoms with Crippen molar-refractivity contribution in [3.05, 3.63) is 120 Å². The number of para-hydroxylation sites is 2. The molecule has 8 nitrogen and oxygen atoms in total. The Kier molecular flexibility index (Phi) is 7.15. The molecule has 6 aromatic heterocycles. The normalized spacial score (nSPS) is 11.5. The molecule has 0 aliphatic rings. The molecular weight excluding hydrogens is 561 g/mol. The van der Waals surface area contributed by atoms with E-state index in [2.05, 4.69) is 63.3 Å². The molecule has 0 unspecified atom stereocenters. The summed E-state index contributed by atoms with van der Waals surface area (Å²) in [5.74, 6) is 1.61. The zero-order chi connectivity index (χ0) is 28.5. The van der Waals surface area contributed by atoms with Gasteiger partial charge in [-0.05, 0) is 67.4 Å². The molecule has 0 spiro atoms. The van der Waals surface area contributed by atoms with Crippen LogP contribution in [0, 0.1) is 13.8 Å². The zero-order valence-electron chi connectivity index (χ0n) is 23.2. The fourth-order valence-electron chi connectivity index (χ4n) is 4.91. The van der Waals surface area contributed by atoms with Gasteiger partial charge in [0.2, 0.25) is 0 Å². The number of imidazole rings is 4. The van der Waals surface area contributed by atoms with Gasteiger partial charge >= 0.3 is 0 Å². The van der Waals surface area contributed by atoms with Crippen LogP contribution >= 0.6 is 23.5 Å². The first kappa shape index (κ1) is 26.4. The highest BCUT2D eigenvalue weighted by molar-refractivity contribution is 7.98. The van der Waals surface area contributed by atoms with Gasteiger partial charge < -0.3 is 18.8 Å². The van der Waals surface area contributed by atoms with Crippen LogP contribution in [0.3, 0.4) is 0 Å². The largest absolute Gasteiger partial charge is 0.333 e. The lowest BCUT2D eigenvalue weighted by Crippen LogP contribution is -1.81. The van der Waals surface area contributed by atoms with Crippen LogP contribution in [0.1, 0.15) is 22.5 Å². The molecule has 0 bridgehead atoms. The molecule has 0 atom stereocenters. The van der Waals surface area contributed by atoms with Gasteiger partial charge in [0.1, 0.15) is 11.3 Å². The summed E-state index contributed by atoms with van der Waals surface area (Å²) in [5.41, 5.74) is 10.8. The highest BCUT2D eigenvalue weighted by Crippen LogP contribution is 2.26. The molecule has 8 rings (SSSR count). The lowest BCUT2D eigenvalue weighted by molar-refractivity contribution is 1.07. The van der Waals surface area contributed by atoms with Crippen molar-refractivity contribution in [2.45, 2.75) is 35.7 Å². The molecule has 208 valence electrons. The number of rotatable bonds is 6. The summed E-state index contributed by atoms with van der Waals surface area (Å²) in [6.07, 6.45) is 8.16. The van der Waals surface area contributed by atoms with Gasteiger partial charge in [-0.15, -0.1) is 0 Å². The van der Waals surface area contributed by atoms with E-state index in [0.29, 0.717) is 0 Å². The number of pyridine rings is 2. The van der Waals surface area contributed by atoms with Crippen LogP contribution in [0.4, 0.5) is 0 Å². The minimum atomic E-state index is 0.805. The Hall–Kier alpha value is -4.54. The lowest BCUT2D eigenvalue weighted by Gasteiger charge is -1.95. The SMILES string of the molecule is Cc1cc(C)c2nc(SCc3cn4ccccc4n3)[nH]c2c1.c1ccc2[nH]c(SCc3cn4ccccc4n3)nc2c1. The van der Waals surface area contributed by atoms with Crippen LogP contribution in [0.15, 0.2) is 108 Å². The molecule has 0 fully saturated rings. The summed E-state index contributed by atoms with van der Waals surface area (Å²) in [6, 6.07) is 24.4. The van der Waals surface area contributed by atoms with Crippen LogP contribution in [0.2, 0.25) is 0 Å². The van der Waals surface area contributed by atoms with Gasteiger partial charge in [-0.1, -0.05) is 53.9 Å². The average Bonchev–Trinajstić information content (AvgIpc) is 3.78. The highest BCUT2D eigenvalue weighted by Gasteiger charge is 2.09. The summed E-state index contributed by atoms with van der Waals surface area (Å²) in [6.45, 7) is 4.21. The number of thioether (sulfide) groups is 2. The topological polar surface area (TPSA) is 92.0 Å². The molecule has 2 N–H and O–H groups in total. The number of benzene rings is 2. The van der Waals surface area contributed by atoms with Crippen molar-refractivity contribution < 1.29 is 0 Å². The number of nitrogens with one attached hydrogen (secondary N) is 2. The van der Waals surface area contributed by atoms with Crippen LogP contribution in [0.25, 0.3) is 33.4 Å². The first-order chi connectivity index (χ1) is 20.6. The zero-order valence-corrected chi connectivity index (χ0v) is 24.8. The van der Waals surface area contributed by atoms with Crippen molar-refractivity contribution in [3.63, 3.8) is 0 Å². The van der Waals surface area contributed by atoms with Gasteiger partial charge in [0.25, 0.3) is 0 Å². The molecule has 2 aromatic carbocycles. The maximum atomic E-state index is 4.70. The molecule has 0 aliphatic heterocycles. The van der Waals surface area contributed by atoms with E-state index in [1.54, 1.807) is 23.5 Å². The maximum absolute atomic E-state index is 4.70. The van der Waals surface area contributed by atoms with E-state index in [4.69, 9.17) is 4.98 Å². The number of fused-ring (bicyclic) bond motifs is 4. The first-order valence-electron chi connectivity index (χ1n) is 13.6. The lowest BCUT2D eigenvalue weighted by atomic mass is 10.1. The van der Waals surface area contributed by atoms with Crippen LogP contribution < -0.4 is 0 Å². The number of hydrogen-bond acceptors (Lipinski definition) is 6. The van der Waals surface area contributed by atoms with Gasteiger partial charge in [0, 0.05) is 36.3 Å². The molecule has 0 radical (unpaired) electrons. The third kappa shape index (κ3) is 5.63. The minimum absolute atomic E-state index is 0.805. The van der Waals surface area contributed by atoms with Gasteiger partial charge in [0.15, 0.2) is 10.3 Å². The molecule has 0 aliphatic carbocycles. The van der Waals surface area contributed by atoms with Crippen molar-refractivity contribution in [1.29, 1.82) is 0 Å². The summed E-state index contributed by atoms with van der Waals surface area (Å²) >= 11 is 3.36. The second-order valence-corrected chi connectivity index (χ2v) is 12.0. The van der Waals surface area contributed by atoms with Gasteiger partial charge in [-0.3, -0.25) is 0 Å². The third-order valence-corrected chi connectivity index (χ3v) is 8.62. The Labute approximate surface area is 250 Å². The maximum Gasteiger partial charge on any atom is 0.166 e. The predicted molar refractivity (Wildman–Crippen MR) is 171 cm³/mol. The molecule has 42 heavy (non-hydrogen) atoms. The minimum Gasteiger partial charge on any atom is -0.333 e. The van der Waals surface area contributed by atoms with Crippen molar-refractivity contribution in [2.75, 3.05) is 0 Å². The fraction of sp³-hybridized carbons (Fsp3) is 0.125. The predicted octanol–water partition coefficient (Wildman–Crippen LogP) is 7.62. The molecule has 8 aromatic rings. The van der Waals surface area contributed by atoms with Crippen molar-refractivity contribution >= 4 is 56.9 Å². The Morgan fingerprint density at radius 2 is 1.24 bits per heavy atom. The number of aryl methyl sites for hydroxylation is 2. The fourth-order valence-corrected chi connectivity index (χ4v) is 6.44. The Balaban J connectivity index is 0.000000138. The van der Waals surface area contributed by atoms with E-state index in [-0.39, 0.29) is 0 Å². The molecule has 0 saturated carbocycles. The van der Waals surface area contributed by atoms with Crippen molar-refractivity contribution in [2.24, 2.45) is 0 Å². The van der Waals surface area contributed by atoms with Crippen LogP contribution in [-0.2, 0) is 11.5 Å². The van der Waals surface area contributed by atoms with Gasteiger partial charge in [-0.2, -0.15) is 0 Å². The Morgan fingerprint density at radius 1 is 0.643 bits per heavy atom. The van der Waals surface area contributed by atoms with E-state index in [1.165, 1.54) is 11.1 Å². The number of hydrogen-bond donors (Lipinski definition) is 2. The smallest absolute Gasteiger partial charge is 0.166 e. The second-order valence-electron chi connectivity index (χ2n) is 10.1. The van der Waals surface area contributed by atoms with E-state index in [1.807, 2.05) is 81.9 Å². The number of aromatic nitrogens is 8. The standard InChI is InChI=1S/C17H16N4S.C15H12N4S/c1-11-7-12(2)16-14(8-11)19-17(20-16)22-10-13-9-21-6-4-3-5-15(21)18-13;1-2-6-13-12(5-1)17-15(18-13)20-10-11-9-19-8-4-3-7-14(19)16-11/h3-9H,10H2,1-2H3,(H,19,20);1-9H,10H2,(H,17,18). The molecule has 6 heterocycles. The monoisotopic (exact) mass is 588 g/mol. The average molecular weight is 589 g/mol. The summed E-state index contributed by atoms with van der Waals surface area (Å²) in [5, 5.41) is 1.88. The highest BCUT2D eigenvalue weighted by atomic mass is 32.2. The van der Waals surface area contributed by atoms with Gasteiger partial charge in [0.05, 0.1) is 33.5 Å². The molecule has 10 heteroatoms. The molecular formula is C32H28N8S2.